The van der Waals surface area contributed by atoms with Gasteiger partial charge in [0.1, 0.15) is 0 Å². The molecule has 1 heterocycles. The molecule has 0 spiro atoms. The lowest BCUT2D eigenvalue weighted by atomic mass is 10.3. The van der Waals surface area contributed by atoms with Crippen LogP contribution < -0.4 is 0 Å². The molecule has 0 bridgehead atoms. The Kier molecular flexibility index (Phi) is 2.59. The predicted octanol–water partition coefficient (Wildman–Crippen LogP) is 1.21. The Bertz CT molecular complexity index is 63.4. The second-order valence-electron chi connectivity index (χ2n) is 1.87. The second-order valence-corrected chi connectivity index (χ2v) is 2.10. The van der Waals surface area contributed by atoms with Crippen molar-refractivity contribution in [2.45, 2.75) is 12.8 Å². The summed E-state index contributed by atoms with van der Waals surface area (Å²) in [5, 5.41) is 1.78. The van der Waals surface area contributed by atoms with Crippen molar-refractivity contribution in [2.75, 3.05) is 19.2 Å². The molecule has 0 saturated carbocycles. The normalized spacial score (nSPS) is 23.6. The minimum absolute atomic E-state index is 0.500. The average molecular weight is 136 g/mol. The van der Waals surface area contributed by atoms with Crippen LogP contribution in [-0.2, 0) is 4.84 Å². The number of halogens is 1. The van der Waals surface area contributed by atoms with Gasteiger partial charge in [0.15, 0.2) is 0 Å². The quantitative estimate of drug-likeness (QED) is 0.396. The second kappa shape index (κ2) is 3.28. The molecular weight excluding hydrogens is 126 g/mol. The number of hydroxylamine groups is 2. The van der Waals surface area contributed by atoms with Gasteiger partial charge in [0.05, 0.1) is 12.6 Å². The van der Waals surface area contributed by atoms with Crippen LogP contribution in [0.5, 0.6) is 0 Å². The van der Waals surface area contributed by atoms with E-state index in [1.807, 2.05) is 0 Å². The van der Waals surface area contributed by atoms with E-state index < -0.39 is 0 Å². The van der Waals surface area contributed by atoms with Crippen molar-refractivity contribution >= 4 is 11.6 Å². The van der Waals surface area contributed by atoms with E-state index in [9.17, 15) is 0 Å². The van der Waals surface area contributed by atoms with Crippen LogP contribution in [0.25, 0.3) is 0 Å². The Hall–Kier alpha value is 0.210. The highest BCUT2D eigenvalue weighted by Gasteiger charge is 2.07. The summed E-state index contributed by atoms with van der Waals surface area (Å²) in [6.07, 6.45) is 2.39. The standard InChI is InChI=1S/C5H10ClNO/c6-5-7-3-1-2-4-8-7/h1-5H2. The molecule has 0 radical (unpaired) electrons. The van der Waals surface area contributed by atoms with Crippen LogP contribution in [0.1, 0.15) is 12.8 Å². The third kappa shape index (κ3) is 1.62. The van der Waals surface area contributed by atoms with Gasteiger partial charge in [0, 0.05) is 6.54 Å². The molecule has 0 aliphatic carbocycles. The summed E-state index contributed by atoms with van der Waals surface area (Å²) in [5.74, 6) is 0. The van der Waals surface area contributed by atoms with E-state index in [0.717, 1.165) is 13.2 Å². The maximum Gasteiger partial charge on any atom is 0.0983 e. The number of hydrogen-bond donors (Lipinski definition) is 0. The van der Waals surface area contributed by atoms with Gasteiger partial charge in [-0.1, -0.05) is 0 Å². The highest BCUT2D eigenvalue weighted by molar-refractivity contribution is 6.17. The highest BCUT2D eigenvalue weighted by atomic mass is 35.5. The molecule has 2 nitrogen and oxygen atoms in total. The van der Waals surface area contributed by atoms with Gasteiger partial charge in [-0.05, 0) is 12.8 Å². The van der Waals surface area contributed by atoms with Crippen LogP contribution in [0.2, 0.25) is 0 Å². The molecule has 0 amide bonds. The molecule has 1 fully saturated rings. The van der Waals surface area contributed by atoms with E-state index in [1.165, 1.54) is 12.8 Å². The fourth-order valence-electron chi connectivity index (χ4n) is 0.743. The Balaban J connectivity index is 2.13. The molecule has 3 heteroatoms. The molecule has 0 aromatic carbocycles. The van der Waals surface area contributed by atoms with Gasteiger partial charge in [-0.2, -0.15) is 5.06 Å². The van der Waals surface area contributed by atoms with Crippen molar-refractivity contribution in [2.24, 2.45) is 0 Å². The van der Waals surface area contributed by atoms with Gasteiger partial charge in [-0.3, -0.25) is 4.84 Å². The van der Waals surface area contributed by atoms with E-state index in [4.69, 9.17) is 16.4 Å². The maximum absolute atomic E-state index is 5.48. The third-order valence-electron chi connectivity index (χ3n) is 1.21. The van der Waals surface area contributed by atoms with Gasteiger partial charge in [-0.15, -0.1) is 11.6 Å². The van der Waals surface area contributed by atoms with Crippen molar-refractivity contribution in [3.8, 4) is 0 Å². The predicted molar refractivity (Wildman–Crippen MR) is 32.6 cm³/mol. The lowest BCUT2D eigenvalue weighted by Gasteiger charge is -2.22. The van der Waals surface area contributed by atoms with Crippen LogP contribution in [0.15, 0.2) is 0 Å². The van der Waals surface area contributed by atoms with Crippen molar-refractivity contribution in [3.05, 3.63) is 0 Å². The Labute approximate surface area is 54.3 Å². The first-order valence-electron chi connectivity index (χ1n) is 2.87. The van der Waals surface area contributed by atoms with Gasteiger partial charge in [0.2, 0.25) is 0 Å². The van der Waals surface area contributed by atoms with E-state index in [2.05, 4.69) is 0 Å². The number of rotatable bonds is 1. The summed E-state index contributed by atoms with van der Waals surface area (Å²) in [6.45, 7) is 1.83. The maximum atomic E-state index is 5.48. The Morgan fingerprint density at radius 2 is 2.38 bits per heavy atom. The topological polar surface area (TPSA) is 12.5 Å². The number of nitrogens with zero attached hydrogens (tertiary/aromatic N) is 1. The Morgan fingerprint density at radius 3 is 2.75 bits per heavy atom. The molecule has 0 N–H and O–H groups in total. The molecule has 0 unspecified atom stereocenters. The third-order valence-corrected chi connectivity index (χ3v) is 1.48. The molecule has 0 aromatic rings. The summed E-state index contributed by atoms with van der Waals surface area (Å²) < 4.78 is 0. The molecule has 48 valence electrons. The van der Waals surface area contributed by atoms with Crippen molar-refractivity contribution in [3.63, 3.8) is 0 Å². The molecule has 0 aromatic heterocycles. The molecular formula is C5H10ClNO. The first-order valence-corrected chi connectivity index (χ1v) is 3.41. The van der Waals surface area contributed by atoms with Crippen LogP contribution in [0.4, 0.5) is 0 Å². The highest BCUT2D eigenvalue weighted by Crippen LogP contribution is 2.05. The van der Waals surface area contributed by atoms with Crippen molar-refractivity contribution in [1.29, 1.82) is 0 Å². The molecule has 0 atom stereocenters. The molecule has 1 rings (SSSR count). The zero-order chi connectivity index (χ0) is 5.82. The van der Waals surface area contributed by atoms with Crippen LogP contribution in [0.3, 0.4) is 0 Å². The molecule has 8 heavy (non-hydrogen) atoms. The molecule has 1 saturated heterocycles. The number of alkyl halides is 1. The van der Waals surface area contributed by atoms with E-state index >= 15 is 0 Å². The van der Waals surface area contributed by atoms with Crippen LogP contribution in [0, 0.1) is 0 Å². The summed E-state index contributed by atoms with van der Waals surface area (Å²) >= 11 is 5.48. The Morgan fingerprint density at radius 1 is 1.50 bits per heavy atom. The van der Waals surface area contributed by atoms with Gasteiger partial charge in [0.25, 0.3) is 0 Å². The zero-order valence-electron chi connectivity index (χ0n) is 4.77. The fourth-order valence-corrected chi connectivity index (χ4v) is 0.931. The van der Waals surface area contributed by atoms with Gasteiger partial charge in [-0.25, -0.2) is 0 Å². The summed E-state index contributed by atoms with van der Waals surface area (Å²) in [5.41, 5.74) is 0. The van der Waals surface area contributed by atoms with Crippen LogP contribution in [-0.4, -0.2) is 24.2 Å². The smallest absolute Gasteiger partial charge is 0.0983 e. The van der Waals surface area contributed by atoms with Crippen molar-refractivity contribution < 1.29 is 4.84 Å². The van der Waals surface area contributed by atoms with E-state index in [-0.39, 0.29) is 0 Å². The van der Waals surface area contributed by atoms with E-state index in [0.29, 0.717) is 6.00 Å². The average Bonchev–Trinajstić information content (AvgIpc) is 1.90. The van der Waals surface area contributed by atoms with Crippen LogP contribution >= 0.6 is 11.6 Å². The largest absolute Gasteiger partial charge is 0.298 e. The summed E-state index contributed by atoms with van der Waals surface area (Å²) in [6, 6.07) is 0.500. The summed E-state index contributed by atoms with van der Waals surface area (Å²) in [4.78, 5) is 5.13. The van der Waals surface area contributed by atoms with Gasteiger partial charge >= 0.3 is 0 Å². The first-order chi connectivity index (χ1) is 3.93. The summed E-state index contributed by atoms with van der Waals surface area (Å²) in [7, 11) is 0. The minimum Gasteiger partial charge on any atom is -0.298 e. The van der Waals surface area contributed by atoms with E-state index in [1.54, 1.807) is 5.06 Å². The SMILES string of the molecule is ClCN1CCCCO1. The molecule has 1 aliphatic rings. The van der Waals surface area contributed by atoms with Crippen molar-refractivity contribution in [1.82, 2.24) is 5.06 Å². The fraction of sp³-hybridized carbons (Fsp3) is 1.00. The monoisotopic (exact) mass is 135 g/mol. The number of hydrogen-bond acceptors (Lipinski definition) is 2. The molecule has 1 aliphatic heterocycles. The first kappa shape index (κ1) is 6.33. The minimum atomic E-state index is 0.500. The lowest BCUT2D eigenvalue weighted by Crippen LogP contribution is -2.28. The zero-order valence-corrected chi connectivity index (χ0v) is 5.52. The van der Waals surface area contributed by atoms with Gasteiger partial charge < -0.3 is 0 Å². The lowest BCUT2D eigenvalue weighted by molar-refractivity contribution is -0.167.